The van der Waals surface area contributed by atoms with Crippen LogP contribution in [0.5, 0.6) is 0 Å². The highest BCUT2D eigenvalue weighted by Crippen LogP contribution is 2.23. The average Bonchev–Trinajstić information content (AvgIpc) is 2.10. The SMILES string of the molecule is C=CC[C@H](N)c1cncc(Br)c1C. The van der Waals surface area contributed by atoms with Crippen LogP contribution >= 0.6 is 15.9 Å². The van der Waals surface area contributed by atoms with Crippen molar-refractivity contribution < 1.29 is 0 Å². The molecule has 0 saturated carbocycles. The lowest BCUT2D eigenvalue weighted by Gasteiger charge is -2.12. The predicted octanol–water partition coefficient (Wildman–Crippen LogP) is 2.73. The second kappa shape index (κ2) is 4.53. The zero-order valence-electron chi connectivity index (χ0n) is 7.63. The van der Waals surface area contributed by atoms with Crippen molar-refractivity contribution >= 4 is 15.9 Å². The Labute approximate surface area is 87.0 Å². The Bertz CT molecular complexity index is 310. The molecule has 70 valence electrons. The number of nitrogens with zero attached hydrogens (tertiary/aromatic N) is 1. The zero-order valence-corrected chi connectivity index (χ0v) is 9.21. The summed E-state index contributed by atoms with van der Waals surface area (Å²) >= 11 is 3.42. The second-order valence-corrected chi connectivity index (χ2v) is 3.82. The first-order chi connectivity index (χ1) is 6.16. The molecule has 1 aromatic heterocycles. The number of pyridine rings is 1. The first-order valence-electron chi connectivity index (χ1n) is 4.13. The summed E-state index contributed by atoms with van der Waals surface area (Å²) in [4.78, 5) is 4.09. The molecule has 3 heteroatoms. The molecule has 0 amide bonds. The lowest BCUT2D eigenvalue weighted by Crippen LogP contribution is -2.11. The number of nitrogens with two attached hydrogens (primary N) is 1. The quantitative estimate of drug-likeness (QED) is 0.826. The van der Waals surface area contributed by atoms with E-state index in [2.05, 4.69) is 27.5 Å². The minimum absolute atomic E-state index is 0.00231. The molecule has 1 rings (SSSR count). The lowest BCUT2D eigenvalue weighted by atomic mass is 10.0. The maximum absolute atomic E-state index is 5.94. The molecule has 0 fully saturated rings. The number of halogens is 1. The highest BCUT2D eigenvalue weighted by molar-refractivity contribution is 9.10. The fraction of sp³-hybridized carbons (Fsp3) is 0.300. The van der Waals surface area contributed by atoms with Gasteiger partial charge < -0.3 is 5.73 Å². The molecule has 0 spiro atoms. The molecule has 1 aromatic rings. The number of aromatic nitrogens is 1. The molecule has 0 aliphatic heterocycles. The minimum atomic E-state index is 0.00231. The maximum atomic E-state index is 5.94. The fourth-order valence-electron chi connectivity index (χ4n) is 1.19. The Morgan fingerprint density at radius 3 is 3.00 bits per heavy atom. The molecule has 0 aliphatic carbocycles. The van der Waals surface area contributed by atoms with E-state index in [1.807, 2.05) is 19.2 Å². The van der Waals surface area contributed by atoms with E-state index in [9.17, 15) is 0 Å². The van der Waals surface area contributed by atoms with E-state index in [0.717, 1.165) is 22.0 Å². The van der Waals surface area contributed by atoms with Gasteiger partial charge in [-0.3, -0.25) is 4.98 Å². The summed E-state index contributed by atoms with van der Waals surface area (Å²) in [7, 11) is 0. The van der Waals surface area contributed by atoms with Crippen molar-refractivity contribution in [3.63, 3.8) is 0 Å². The molecular formula is C10H13BrN2. The van der Waals surface area contributed by atoms with Crippen LogP contribution in [0.2, 0.25) is 0 Å². The standard InChI is InChI=1S/C10H13BrN2/c1-3-4-10(12)8-5-13-6-9(11)7(8)2/h3,5-6,10H,1,4,12H2,2H3/t10-/m0/s1. The summed E-state index contributed by atoms with van der Waals surface area (Å²) in [5, 5.41) is 0. The van der Waals surface area contributed by atoms with Gasteiger partial charge in [0, 0.05) is 22.9 Å². The third kappa shape index (κ3) is 2.39. The Hall–Kier alpha value is -0.670. The monoisotopic (exact) mass is 240 g/mol. The van der Waals surface area contributed by atoms with Crippen LogP contribution in [0.25, 0.3) is 0 Å². The third-order valence-electron chi connectivity index (χ3n) is 2.01. The van der Waals surface area contributed by atoms with Crippen molar-refractivity contribution in [1.82, 2.24) is 4.98 Å². The summed E-state index contributed by atoms with van der Waals surface area (Å²) in [5.41, 5.74) is 8.18. The summed E-state index contributed by atoms with van der Waals surface area (Å²) in [6.07, 6.45) is 6.19. The Balaban J connectivity index is 3.00. The predicted molar refractivity (Wildman–Crippen MR) is 58.4 cm³/mol. The van der Waals surface area contributed by atoms with Gasteiger partial charge in [-0.2, -0.15) is 0 Å². The van der Waals surface area contributed by atoms with E-state index in [1.165, 1.54) is 0 Å². The Morgan fingerprint density at radius 2 is 2.38 bits per heavy atom. The van der Waals surface area contributed by atoms with Gasteiger partial charge in [-0.15, -0.1) is 6.58 Å². The van der Waals surface area contributed by atoms with E-state index in [-0.39, 0.29) is 6.04 Å². The summed E-state index contributed by atoms with van der Waals surface area (Å²) < 4.78 is 1.00. The number of hydrogen-bond donors (Lipinski definition) is 1. The van der Waals surface area contributed by atoms with Crippen molar-refractivity contribution in [2.75, 3.05) is 0 Å². The molecule has 0 aromatic carbocycles. The van der Waals surface area contributed by atoms with E-state index >= 15 is 0 Å². The van der Waals surface area contributed by atoms with Gasteiger partial charge in [0.25, 0.3) is 0 Å². The summed E-state index contributed by atoms with van der Waals surface area (Å²) in [6, 6.07) is 0.00231. The van der Waals surface area contributed by atoms with Crippen LogP contribution in [-0.4, -0.2) is 4.98 Å². The van der Waals surface area contributed by atoms with Gasteiger partial charge in [0.15, 0.2) is 0 Å². The molecule has 0 unspecified atom stereocenters. The van der Waals surface area contributed by atoms with Gasteiger partial charge >= 0.3 is 0 Å². The summed E-state index contributed by atoms with van der Waals surface area (Å²) in [5.74, 6) is 0. The molecular weight excluding hydrogens is 228 g/mol. The van der Waals surface area contributed by atoms with Crippen LogP contribution in [0.15, 0.2) is 29.5 Å². The molecule has 2 nitrogen and oxygen atoms in total. The van der Waals surface area contributed by atoms with Gasteiger partial charge in [0.2, 0.25) is 0 Å². The Morgan fingerprint density at radius 1 is 1.69 bits per heavy atom. The van der Waals surface area contributed by atoms with E-state index in [4.69, 9.17) is 5.73 Å². The van der Waals surface area contributed by atoms with Crippen LogP contribution in [-0.2, 0) is 0 Å². The van der Waals surface area contributed by atoms with Crippen molar-refractivity contribution in [3.05, 3.63) is 40.6 Å². The highest BCUT2D eigenvalue weighted by Gasteiger charge is 2.09. The van der Waals surface area contributed by atoms with Gasteiger partial charge in [-0.1, -0.05) is 6.08 Å². The van der Waals surface area contributed by atoms with E-state index < -0.39 is 0 Å². The fourth-order valence-corrected chi connectivity index (χ4v) is 1.54. The molecule has 1 heterocycles. The minimum Gasteiger partial charge on any atom is -0.324 e. The van der Waals surface area contributed by atoms with E-state index in [0.29, 0.717) is 0 Å². The van der Waals surface area contributed by atoms with Crippen LogP contribution in [0.4, 0.5) is 0 Å². The van der Waals surface area contributed by atoms with E-state index in [1.54, 1.807) is 6.20 Å². The van der Waals surface area contributed by atoms with Crippen molar-refractivity contribution in [2.24, 2.45) is 5.73 Å². The molecule has 1 atom stereocenters. The van der Waals surface area contributed by atoms with Crippen LogP contribution in [0, 0.1) is 6.92 Å². The van der Waals surface area contributed by atoms with Crippen molar-refractivity contribution in [3.8, 4) is 0 Å². The summed E-state index contributed by atoms with van der Waals surface area (Å²) in [6.45, 7) is 5.70. The second-order valence-electron chi connectivity index (χ2n) is 2.97. The van der Waals surface area contributed by atoms with Crippen LogP contribution in [0.1, 0.15) is 23.6 Å². The molecule has 0 saturated heterocycles. The molecule has 13 heavy (non-hydrogen) atoms. The smallest absolute Gasteiger partial charge is 0.0413 e. The van der Waals surface area contributed by atoms with Gasteiger partial charge in [-0.25, -0.2) is 0 Å². The largest absolute Gasteiger partial charge is 0.324 e. The van der Waals surface area contributed by atoms with Crippen molar-refractivity contribution in [1.29, 1.82) is 0 Å². The van der Waals surface area contributed by atoms with Gasteiger partial charge in [-0.05, 0) is 40.4 Å². The first kappa shape index (κ1) is 10.4. The average molecular weight is 241 g/mol. The highest BCUT2D eigenvalue weighted by atomic mass is 79.9. The molecule has 0 aliphatic rings. The van der Waals surface area contributed by atoms with Crippen LogP contribution < -0.4 is 5.73 Å². The molecule has 0 bridgehead atoms. The maximum Gasteiger partial charge on any atom is 0.0413 e. The lowest BCUT2D eigenvalue weighted by molar-refractivity contribution is 0.730. The zero-order chi connectivity index (χ0) is 9.84. The number of rotatable bonds is 3. The van der Waals surface area contributed by atoms with Gasteiger partial charge in [0.05, 0.1) is 0 Å². The normalized spacial score (nSPS) is 12.5. The molecule has 0 radical (unpaired) electrons. The Kier molecular flexibility index (Phi) is 3.63. The van der Waals surface area contributed by atoms with Crippen molar-refractivity contribution in [2.45, 2.75) is 19.4 Å². The molecule has 2 N–H and O–H groups in total. The topological polar surface area (TPSA) is 38.9 Å². The third-order valence-corrected chi connectivity index (χ3v) is 2.81. The first-order valence-corrected chi connectivity index (χ1v) is 4.92. The van der Waals surface area contributed by atoms with Crippen LogP contribution in [0.3, 0.4) is 0 Å². The number of hydrogen-bond acceptors (Lipinski definition) is 2. The van der Waals surface area contributed by atoms with Gasteiger partial charge in [0.1, 0.15) is 0 Å².